The number of aromatic hydroxyl groups is 1. The van der Waals surface area contributed by atoms with Crippen LogP contribution in [0.4, 0.5) is 0 Å². The Morgan fingerprint density at radius 3 is 2.64 bits per heavy atom. The molecule has 1 aromatic carbocycles. The van der Waals surface area contributed by atoms with Gasteiger partial charge in [0.25, 0.3) is 0 Å². The number of dihydropyridines is 1. The van der Waals surface area contributed by atoms with Gasteiger partial charge in [0.2, 0.25) is 0 Å². The minimum atomic E-state index is -1.16. The van der Waals surface area contributed by atoms with Gasteiger partial charge < -0.3 is 46.3 Å². The average Bonchev–Trinajstić information content (AvgIpc) is 3.59. The molecule has 3 aliphatic rings. The summed E-state index contributed by atoms with van der Waals surface area (Å²) in [6.45, 7) is 2.75. The second-order valence-electron chi connectivity index (χ2n) is 13.6. The normalized spacial score (nSPS) is 29.7. The van der Waals surface area contributed by atoms with Crippen LogP contribution in [0.3, 0.4) is 0 Å². The second-order valence-corrected chi connectivity index (χ2v) is 13.6. The Hall–Kier alpha value is -3.42. The summed E-state index contributed by atoms with van der Waals surface area (Å²) in [7, 11) is 0. The molecule has 9 atom stereocenters. The third kappa shape index (κ3) is 9.14. The lowest BCUT2D eigenvalue weighted by Gasteiger charge is -2.42. The number of ether oxygens (including phenoxy) is 1. The first-order valence-corrected chi connectivity index (χ1v) is 17.5. The summed E-state index contributed by atoms with van der Waals surface area (Å²) in [5, 5.41) is 58.2. The number of allylic oxidation sites excluding steroid dienone is 2. The number of aromatic amines is 1. The van der Waals surface area contributed by atoms with Crippen molar-refractivity contribution in [3.05, 3.63) is 71.3 Å². The molecule has 0 amide bonds. The summed E-state index contributed by atoms with van der Waals surface area (Å²) in [5.74, 6) is 7.14. The molecule has 1 aliphatic heterocycles. The predicted molar refractivity (Wildman–Crippen MR) is 182 cm³/mol. The first kappa shape index (κ1) is 34.9. The molecule has 0 bridgehead atoms. The van der Waals surface area contributed by atoms with E-state index < -0.39 is 30.5 Å². The quantitative estimate of drug-likeness (QED) is 0.169. The molecule has 2 aliphatic carbocycles. The lowest BCUT2D eigenvalue weighted by atomic mass is 9.70. The molecule has 9 unspecified atom stereocenters. The lowest BCUT2D eigenvalue weighted by Crippen LogP contribution is -2.52. The zero-order chi connectivity index (χ0) is 33.3. The van der Waals surface area contributed by atoms with Crippen LogP contribution < -0.4 is 15.8 Å². The molecule has 2 aromatic rings. The molecule has 47 heavy (non-hydrogen) atoms. The third-order valence-corrected chi connectivity index (χ3v) is 10.4. The molecule has 1 fully saturated rings. The number of aliphatic hydroxyl groups is 4. The second kappa shape index (κ2) is 16.6. The van der Waals surface area contributed by atoms with Gasteiger partial charge in [0, 0.05) is 42.6 Å². The smallest absolute Gasteiger partial charge is 0.161 e. The van der Waals surface area contributed by atoms with Crippen LogP contribution in [0.25, 0.3) is 0 Å². The third-order valence-electron chi connectivity index (χ3n) is 10.4. The van der Waals surface area contributed by atoms with Crippen molar-refractivity contribution >= 4 is 0 Å². The van der Waals surface area contributed by atoms with E-state index in [1.165, 1.54) is 0 Å². The van der Waals surface area contributed by atoms with Crippen LogP contribution in [0.5, 0.6) is 11.5 Å². The van der Waals surface area contributed by atoms with Crippen LogP contribution in [0, 0.1) is 35.5 Å². The Bertz CT molecular complexity index is 1410. The van der Waals surface area contributed by atoms with Crippen molar-refractivity contribution in [2.45, 2.75) is 108 Å². The van der Waals surface area contributed by atoms with Crippen molar-refractivity contribution in [2.75, 3.05) is 6.54 Å². The van der Waals surface area contributed by atoms with E-state index in [2.05, 4.69) is 35.1 Å². The Kier molecular flexibility index (Phi) is 12.3. The van der Waals surface area contributed by atoms with E-state index >= 15 is 0 Å². The van der Waals surface area contributed by atoms with Gasteiger partial charge in [-0.1, -0.05) is 37.8 Å². The monoisotopic (exact) mass is 647 g/mol. The van der Waals surface area contributed by atoms with Crippen molar-refractivity contribution in [3.63, 3.8) is 0 Å². The van der Waals surface area contributed by atoms with Crippen LogP contribution in [-0.2, 0) is 12.8 Å². The van der Waals surface area contributed by atoms with Crippen LogP contribution >= 0.6 is 0 Å². The Balaban J connectivity index is 1.33. The van der Waals surface area contributed by atoms with Crippen molar-refractivity contribution in [1.29, 1.82) is 0 Å². The van der Waals surface area contributed by atoms with Gasteiger partial charge in [-0.05, 0) is 98.8 Å². The number of hydrogen-bond donors (Lipinski definition) is 8. The molecule has 0 spiro atoms. The summed E-state index contributed by atoms with van der Waals surface area (Å²) in [5.41, 5.74) is 9.10. The maximum atomic E-state index is 11.3. The molecular formula is C38H53N3O6. The molecule has 1 saturated carbocycles. The van der Waals surface area contributed by atoms with E-state index in [-0.39, 0.29) is 29.3 Å². The molecule has 9 nitrogen and oxygen atoms in total. The summed E-state index contributed by atoms with van der Waals surface area (Å²) in [6, 6.07) is 9.11. The highest BCUT2D eigenvalue weighted by molar-refractivity contribution is 5.42. The van der Waals surface area contributed by atoms with Gasteiger partial charge in [-0.2, -0.15) is 0 Å². The highest BCUT2D eigenvalue weighted by Gasteiger charge is 2.44. The fourth-order valence-electron chi connectivity index (χ4n) is 7.51. The number of aryl methyl sites for hydroxylation is 1. The van der Waals surface area contributed by atoms with E-state index in [9.17, 15) is 25.5 Å². The largest absolute Gasteiger partial charge is 0.504 e. The minimum Gasteiger partial charge on any atom is -0.504 e. The number of H-pyrrole nitrogens is 1. The summed E-state index contributed by atoms with van der Waals surface area (Å²) >= 11 is 0. The summed E-state index contributed by atoms with van der Waals surface area (Å²) in [6.07, 6.45) is 9.46. The molecular weight excluding hydrogens is 594 g/mol. The van der Waals surface area contributed by atoms with E-state index in [1.54, 1.807) is 18.2 Å². The Labute approximate surface area is 278 Å². The minimum absolute atomic E-state index is 0.0602. The highest BCUT2D eigenvalue weighted by Crippen LogP contribution is 2.41. The average molecular weight is 648 g/mol. The van der Waals surface area contributed by atoms with Crippen LogP contribution in [-0.4, -0.2) is 67.6 Å². The SMILES string of the molecule is CCC1C#CCC(C(O)CCc2ccc(O)c(OC3C(O)C(O)CCC3C(Cc3ccc[nH]3)C3=CCNC(N)=C3)c2)C(O)CCCC1. The molecule has 5 rings (SSSR count). The summed E-state index contributed by atoms with van der Waals surface area (Å²) < 4.78 is 6.47. The molecule has 0 saturated heterocycles. The fourth-order valence-corrected chi connectivity index (χ4v) is 7.51. The molecule has 0 radical (unpaired) electrons. The maximum Gasteiger partial charge on any atom is 0.161 e. The molecule has 9 heteroatoms. The number of aliphatic hydroxyl groups excluding tert-OH is 4. The van der Waals surface area contributed by atoms with E-state index in [1.807, 2.05) is 24.4 Å². The predicted octanol–water partition coefficient (Wildman–Crippen LogP) is 4.05. The van der Waals surface area contributed by atoms with Gasteiger partial charge in [0.15, 0.2) is 11.5 Å². The number of nitrogens with one attached hydrogen (secondary N) is 2. The Morgan fingerprint density at radius 2 is 1.87 bits per heavy atom. The topological polar surface area (TPSA) is 164 Å². The lowest BCUT2D eigenvalue weighted by molar-refractivity contribution is -0.108. The van der Waals surface area contributed by atoms with Gasteiger partial charge in [0.1, 0.15) is 12.2 Å². The van der Waals surface area contributed by atoms with Gasteiger partial charge in [-0.15, -0.1) is 5.92 Å². The summed E-state index contributed by atoms with van der Waals surface area (Å²) in [4.78, 5) is 3.29. The van der Waals surface area contributed by atoms with Crippen molar-refractivity contribution in [3.8, 4) is 23.3 Å². The van der Waals surface area contributed by atoms with Crippen molar-refractivity contribution < 1.29 is 30.3 Å². The zero-order valence-electron chi connectivity index (χ0n) is 27.5. The molecule has 9 N–H and O–H groups in total. The van der Waals surface area contributed by atoms with E-state index in [4.69, 9.17) is 10.5 Å². The van der Waals surface area contributed by atoms with Crippen molar-refractivity contribution in [1.82, 2.24) is 10.3 Å². The van der Waals surface area contributed by atoms with Crippen LogP contribution in [0.2, 0.25) is 0 Å². The zero-order valence-corrected chi connectivity index (χ0v) is 27.5. The van der Waals surface area contributed by atoms with E-state index in [0.29, 0.717) is 63.2 Å². The van der Waals surface area contributed by atoms with Crippen LogP contribution in [0.15, 0.2) is 60.1 Å². The molecule has 256 valence electrons. The molecule has 1 aromatic heterocycles. The van der Waals surface area contributed by atoms with Gasteiger partial charge in [-0.25, -0.2) is 0 Å². The number of aromatic nitrogens is 1. The highest BCUT2D eigenvalue weighted by atomic mass is 16.5. The molecule has 2 heterocycles. The number of rotatable bonds is 11. The number of hydrogen-bond acceptors (Lipinski definition) is 8. The number of nitrogens with two attached hydrogens (primary N) is 1. The maximum absolute atomic E-state index is 11.3. The van der Waals surface area contributed by atoms with Gasteiger partial charge >= 0.3 is 0 Å². The first-order valence-electron chi connectivity index (χ1n) is 17.5. The van der Waals surface area contributed by atoms with Gasteiger partial charge in [-0.3, -0.25) is 0 Å². The van der Waals surface area contributed by atoms with E-state index in [0.717, 1.165) is 42.5 Å². The van der Waals surface area contributed by atoms with Gasteiger partial charge in [0.05, 0.1) is 24.1 Å². The Morgan fingerprint density at radius 1 is 1.04 bits per heavy atom. The van der Waals surface area contributed by atoms with Crippen LogP contribution in [0.1, 0.15) is 76.0 Å². The standard InChI is InChI=1S/C38H53N3O6/c1-2-24-7-3-4-11-31(42)29(10-5-8-24)32(43)15-12-25-13-16-33(44)35(21-25)47-38-28(14-17-34(45)37(38)46)30(23-27-9-6-19-40-27)26-18-20-41-36(39)22-26/h6,9,13,16,18-19,21-22,24,28-32,34,37-38,40-46H,2-4,7,10-12,14-15,17,20,23,39H2,1H3. The fraction of sp³-hybridized carbons (Fsp3) is 0.579. The first-order chi connectivity index (χ1) is 22.7. The van der Waals surface area contributed by atoms with Crippen molar-refractivity contribution in [2.24, 2.45) is 29.4 Å². The number of phenols is 1. The number of benzene rings is 1. The number of phenolic OH excluding ortho intramolecular Hbond substituents is 1.